The van der Waals surface area contributed by atoms with Gasteiger partial charge in [0.05, 0.1) is 24.1 Å². The molecule has 2 aromatic rings. The highest BCUT2D eigenvalue weighted by Crippen LogP contribution is 2.15. The molecule has 0 saturated carbocycles. The first-order valence-corrected chi connectivity index (χ1v) is 8.28. The molecule has 1 aromatic heterocycles. The number of carbonyl (C=O) groups is 1. The Kier molecular flexibility index (Phi) is 5.72. The largest absolute Gasteiger partial charge is 0.394 e. The van der Waals surface area contributed by atoms with Crippen molar-refractivity contribution in [2.24, 2.45) is 5.92 Å². The van der Waals surface area contributed by atoms with Crippen LogP contribution >= 0.6 is 0 Å². The highest BCUT2D eigenvalue weighted by atomic mass is 16.3. The Morgan fingerprint density at radius 1 is 1.21 bits per heavy atom. The topological polar surface area (TPSA) is 84.2 Å². The van der Waals surface area contributed by atoms with E-state index in [4.69, 9.17) is 0 Å². The quantitative estimate of drug-likeness (QED) is 0.849. The molecule has 0 spiro atoms. The third kappa shape index (κ3) is 3.82. The highest BCUT2D eigenvalue weighted by Gasteiger charge is 2.20. The molecule has 0 fully saturated rings. The Bertz CT molecular complexity index is 781. The maximum Gasteiger partial charge on any atom is 0.274 e. The van der Waals surface area contributed by atoms with E-state index in [1.165, 1.54) is 4.68 Å². The van der Waals surface area contributed by atoms with Gasteiger partial charge in [0, 0.05) is 5.39 Å². The summed E-state index contributed by atoms with van der Waals surface area (Å²) in [6.07, 6.45) is 0.671. The maximum absolute atomic E-state index is 12.7. The molecule has 0 aliphatic rings. The molecule has 6 heteroatoms. The summed E-state index contributed by atoms with van der Waals surface area (Å²) in [4.78, 5) is 25.2. The molecule has 1 unspecified atom stereocenters. The molecule has 0 aliphatic carbocycles. The van der Waals surface area contributed by atoms with Crippen molar-refractivity contribution in [1.29, 1.82) is 0 Å². The lowest BCUT2D eigenvalue weighted by molar-refractivity contribution is 0.0902. The molecule has 2 N–H and O–H groups in total. The second-order valence-electron chi connectivity index (χ2n) is 6.72. The van der Waals surface area contributed by atoms with Gasteiger partial charge in [0.15, 0.2) is 5.69 Å². The summed E-state index contributed by atoms with van der Waals surface area (Å²) in [5.74, 6) is -0.0305. The van der Waals surface area contributed by atoms with Crippen LogP contribution in [0.3, 0.4) is 0 Å². The van der Waals surface area contributed by atoms with E-state index in [0.717, 1.165) is 0 Å². The molecule has 0 bridgehead atoms. The van der Waals surface area contributed by atoms with Crippen molar-refractivity contribution in [1.82, 2.24) is 15.1 Å². The van der Waals surface area contributed by atoms with Crippen LogP contribution in [0.5, 0.6) is 0 Å². The summed E-state index contributed by atoms with van der Waals surface area (Å²) in [5, 5.41) is 17.6. The smallest absolute Gasteiger partial charge is 0.274 e. The molecular weight excluding hydrogens is 306 g/mol. The third-order valence-electron chi connectivity index (χ3n) is 3.84. The van der Waals surface area contributed by atoms with Gasteiger partial charge in [-0.2, -0.15) is 5.10 Å². The number of rotatable bonds is 6. The standard InChI is InChI=1S/C18H25N3O3/c1-11(2)9-13(10-22)19-17(23)16-14-7-5-6-8-15(14)18(24)21(20-16)12(3)4/h5-8,11-13,22H,9-10H2,1-4H3,(H,19,23). The van der Waals surface area contributed by atoms with Gasteiger partial charge in [0.1, 0.15) is 0 Å². The minimum absolute atomic E-state index is 0.133. The number of amides is 1. The van der Waals surface area contributed by atoms with Gasteiger partial charge in [0.25, 0.3) is 11.5 Å². The average molecular weight is 331 g/mol. The third-order valence-corrected chi connectivity index (χ3v) is 3.84. The van der Waals surface area contributed by atoms with Gasteiger partial charge >= 0.3 is 0 Å². The van der Waals surface area contributed by atoms with Gasteiger partial charge in [-0.15, -0.1) is 0 Å². The van der Waals surface area contributed by atoms with Crippen molar-refractivity contribution >= 4 is 16.7 Å². The molecule has 6 nitrogen and oxygen atoms in total. The number of aliphatic hydroxyl groups excluding tert-OH is 1. The van der Waals surface area contributed by atoms with Crippen molar-refractivity contribution in [2.75, 3.05) is 6.61 Å². The molecule has 2 rings (SSSR count). The van der Waals surface area contributed by atoms with Crippen LogP contribution in [0.25, 0.3) is 10.8 Å². The van der Waals surface area contributed by atoms with Crippen molar-refractivity contribution in [2.45, 2.75) is 46.2 Å². The zero-order chi connectivity index (χ0) is 17.9. The summed E-state index contributed by atoms with van der Waals surface area (Å²) >= 11 is 0. The van der Waals surface area contributed by atoms with Crippen LogP contribution in [0.1, 0.15) is 50.6 Å². The zero-order valence-corrected chi connectivity index (χ0v) is 14.6. The van der Waals surface area contributed by atoms with Gasteiger partial charge in [-0.25, -0.2) is 4.68 Å². The Balaban J connectivity index is 2.49. The molecule has 1 atom stereocenters. The minimum atomic E-state index is -0.375. The minimum Gasteiger partial charge on any atom is -0.394 e. The van der Waals surface area contributed by atoms with E-state index in [9.17, 15) is 14.7 Å². The number of hydrogen-bond donors (Lipinski definition) is 2. The van der Waals surface area contributed by atoms with Gasteiger partial charge in [0.2, 0.25) is 0 Å². The fourth-order valence-electron chi connectivity index (χ4n) is 2.73. The molecule has 1 amide bonds. The van der Waals surface area contributed by atoms with Gasteiger partial charge < -0.3 is 10.4 Å². The van der Waals surface area contributed by atoms with Gasteiger partial charge in [-0.1, -0.05) is 32.0 Å². The van der Waals surface area contributed by atoms with E-state index < -0.39 is 0 Å². The molecule has 0 radical (unpaired) electrons. The second kappa shape index (κ2) is 7.57. The van der Waals surface area contributed by atoms with E-state index >= 15 is 0 Å². The van der Waals surface area contributed by atoms with Crippen molar-refractivity contribution in [3.05, 3.63) is 40.3 Å². The Morgan fingerprint density at radius 2 is 1.83 bits per heavy atom. The van der Waals surface area contributed by atoms with Crippen LogP contribution in [0.4, 0.5) is 0 Å². The fraction of sp³-hybridized carbons (Fsp3) is 0.500. The molecular formula is C18H25N3O3. The summed E-state index contributed by atoms with van der Waals surface area (Å²) in [5.41, 5.74) is -0.000792. The molecule has 24 heavy (non-hydrogen) atoms. The zero-order valence-electron chi connectivity index (χ0n) is 14.6. The Hall–Kier alpha value is -2.21. The lowest BCUT2D eigenvalue weighted by atomic mass is 10.0. The van der Waals surface area contributed by atoms with Crippen LogP contribution in [-0.4, -0.2) is 33.4 Å². The number of nitrogens with one attached hydrogen (secondary N) is 1. The van der Waals surface area contributed by atoms with Crippen LogP contribution in [0, 0.1) is 5.92 Å². The normalized spacial score (nSPS) is 12.8. The number of carbonyl (C=O) groups excluding carboxylic acids is 1. The molecule has 130 valence electrons. The van der Waals surface area contributed by atoms with E-state index in [2.05, 4.69) is 10.4 Å². The predicted molar refractivity (Wildman–Crippen MR) is 94.2 cm³/mol. The Morgan fingerprint density at radius 3 is 2.38 bits per heavy atom. The summed E-state index contributed by atoms with van der Waals surface area (Å²) in [6, 6.07) is 6.48. The second-order valence-corrected chi connectivity index (χ2v) is 6.72. The summed E-state index contributed by atoms with van der Waals surface area (Å²) in [6.45, 7) is 7.62. The van der Waals surface area contributed by atoms with E-state index in [1.807, 2.05) is 27.7 Å². The van der Waals surface area contributed by atoms with Gasteiger partial charge in [-0.3, -0.25) is 9.59 Å². The highest BCUT2D eigenvalue weighted by molar-refractivity contribution is 6.04. The van der Waals surface area contributed by atoms with Crippen molar-refractivity contribution in [3.63, 3.8) is 0 Å². The fourth-order valence-corrected chi connectivity index (χ4v) is 2.73. The predicted octanol–water partition coefficient (Wildman–Crippen LogP) is 2.11. The molecule has 1 heterocycles. The van der Waals surface area contributed by atoms with Crippen LogP contribution in [-0.2, 0) is 0 Å². The molecule has 0 aliphatic heterocycles. The van der Waals surface area contributed by atoms with E-state index in [-0.39, 0.29) is 35.9 Å². The molecule has 1 aromatic carbocycles. The number of benzene rings is 1. The monoisotopic (exact) mass is 331 g/mol. The number of fused-ring (bicyclic) bond motifs is 1. The first kappa shape index (κ1) is 18.1. The molecule has 0 saturated heterocycles. The lowest BCUT2D eigenvalue weighted by Crippen LogP contribution is -2.40. The summed E-state index contributed by atoms with van der Waals surface area (Å²) in [7, 11) is 0. The van der Waals surface area contributed by atoms with Crippen LogP contribution < -0.4 is 10.9 Å². The van der Waals surface area contributed by atoms with Crippen molar-refractivity contribution < 1.29 is 9.90 Å². The first-order valence-electron chi connectivity index (χ1n) is 8.28. The number of aromatic nitrogens is 2. The number of nitrogens with zero attached hydrogens (tertiary/aromatic N) is 2. The maximum atomic E-state index is 12.7. The number of aliphatic hydroxyl groups is 1. The number of hydrogen-bond acceptors (Lipinski definition) is 4. The average Bonchev–Trinajstić information content (AvgIpc) is 2.53. The van der Waals surface area contributed by atoms with Crippen LogP contribution in [0.15, 0.2) is 29.1 Å². The van der Waals surface area contributed by atoms with Crippen molar-refractivity contribution in [3.8, 4) is 0 Å². The first-order chi connectivity index (χ1) is 11.3. The summed E-state index contributed by atoms with van der Waals surface area (Å²) < 4.78 is 1.33. The van der Waals surface area contributed by atoms with E-state index in [0.29, 0.717) is 23.1 Å². The van der Waals surface area contributed by atoms with Gasteiger partial charge in [-0.05, 0) is 32.3 Å². The van der Waals surface area contributed by atoms with E-state index in [1.54, 1.807) is 24.3 Å². The Labute approximate surface area is 141 Å². The SMILES string of the molecule is CC(C)CC(CO)NC(=O)c1nn(C(C)C)c(=O)c2ccccc12. The van der Waals surface area contributed by atoms with Crippen LogP contribution in [0.2, 0.25) is 0 Å². The lowest BCUT2D eigenvalue weighted by Gasteiger charge is -2.19.